The lowest BCUT2D eigenvalue weighted by Crippen LogP contribution is -2.39. The molecular weight excluding hydrogens is 453 g/mol. The molecule has 7 nitrogen and oxygen atoms in total. The van der Waals surface area contributed by atoms with Crippen molar-refractivity contribution in [2.24, 2.45) is 4.99 Å². The van der Waals surface area contributed by atoms with Gasteiger partial charge in [-0.25, -0.2) is 4.99 Å². The molecule has 0 aliphatic heterocycles. The first-order valence-electron chi connectivity index (χ1n) is 6.83. The molecule has 2 rings (SSSR count). The monoisotopic (exact) mass is 471 g/mol. The van der Waals surface area contributed by atoms with Crippen LogP contribution < -0.4 is 10.6 Å². The van der Waals surface area contributed by atoms with Crippen LogP contribution in [0.1, 0.15) is 29.6 Å². The second kappa shape index (κ2) is 10.1. The highest BCUT2D eigenvalue weighted by atomic mass is 127. The summed E-state index contributed by atoms with van der Waals surface area (Å²) in [6.45, 7) is 5.02. The molecule has 1 unspecified atom stereocenters. The number of rotatable bonds is 6. The Kier molecular flexibility index (Phi) is 8.81. The SMILES string of the molecule is CCNC(=NCc1noc(C)n1)NCC(O)c1ccc(Cl)s1.I. The van der Waals surface area contributed by atoms with Gasteiger partial charge in [0.2, 0.25) is 5.89 Å². The van der Waals surface area contributed by atoms with E-state index in [1.807, 2.05) is 13.0 Å². The maximum Gasteiger partial charge on any atom is 0.223 e. The van der Waals surface area contributed by atoms with Gasteiger partial charge >= 0.3 is 0 Å². The zero-order chi connectivity index (χ0) is 15.9. The van der Waals surface area contributed by atoms with E-state index in [2.05, 4.69) is 25.8 Å². The van der Waals surface area contributed by atoms with Crippen LogP contribution in [0.15, 0.2) is 21.6 Å². The molecule has 0 saturated heterocycles. The molecule has 2 heterocycles. The molecule has 10 heteroatoms. The molecule has 3 N–H and O–H groups in total. The first-order valence-corrected chi connectivity index (χ1v) is 8.02. The predicted octanol–water partition coefficient (Wildman–Crippen LogP) is 2.50. The van der Waals surface area contributed by atoms with E-state index < -0.39 is 6.10 Å². The van der Waals surface area contributed by atoms with E-state index in [9.17, 15) is 5.11 Å². The van der Waals surface area contributed by atoms with Gasteiger partial charge in [0.25, 0.3) is 0 Å². The van der Waals surface area contributed by atoms with Gasteiger partial charge in [-0.2, -0.15) is 4.98 Å². The molecule has 0 aliphatic rings. The molecule has 0 spiro atoms. The highest BCUT2D eigenvalue weighted by Crippen LogP contribution is 2.26. The van der Waals surface area contributed by atoms with E-state index in [1.165, 1.54) is 11.3 Å². The van der Waals surface area contributed by atoms with Crippen molar-refractivity contribution < 1.29 is 9.63 Å². The Balaban J connectivity index is 0.00000264. The number of aliphatic hydroxyl groups excluding tert-OH is 1. The summed E-state index contributed by atoms with van der Waals surface area (Å²) in [5.74, 6) is 1.60. The number of nitrogens with zero attached hydrogens (tertiary/aromatic N) is 3. The van der Waals surface area contributed by atoms with Crippen LogP contribution >= 0.6 is 46.9 Å². The van der Waals surface area contributed by atoms with E-state index in [0.717, 1.165) is 4.88 Å². The second-order valence-corrected chi connectivity index (χ2v) is 6.21. The fourth-order valence-corrected chi connectivity index (χ4v) is 2.75. The Hall–Kier alpha value is -0.910. The number of guanidine groups is 1. The summed E-state index contributed by atoms with van der Waals surface area (Å²) in [5, 5.41) is 20.1. The molecule has 0 bridgehead atoms. The fraction of sp³-hybridized carbons (Fsp3) is 0.462. The van der Waals surface area contributed by atoms with Gasteiger partial charge < -0.3 is 20.3 Å². The largest absolute Gasteiger partial charge is 0.386 e. The summed E-state index contributed by atoms with van der Waals surface area (Å²) in [5.41, 5.74) is 0. The number of aliphatic hydroxyl groups is 1. The van der Waals surface area contributed by atoms with Crippen molar-refractivity contribution in [3.05, 3.63) is 33.1 Å². The summed E-state index contributed by atoms with van der Waals surface area (Å²) in [7, 11) is 0. The van der Waals surface area contributed by atoms with Gasteiger partial charge in [-0.3, -0.25) is 0 Å². The quantitative estimate of drug-likeness (QED) is 0.340. The smallest absolute Gasteiger partial charge is 0.223 e. The van der Waals surface area contributed by atoms with Gasteiger partial charge in [-0.15, -0.1) is 35.3 Å². The Morgan fingerprint density at radius 2 is 2.26 bits per heavy atom. The molecular formula is C13H19ClIN5O2S. The molecule has 0 radical (unpaired) electrons. The molecule has 0 aliphatic carbocycles. The average molecular weight is 472 g/mol. The van der Waals surface area contributed by atoms with Crippen LogP contribution in [0.2, 0.25) is 4.34 Å². The van der Waals surface area contributed by atoms with Gasteiger partial charge in [-0.05, 0) is 19.1 Å². The van der Waals surface area contributed by atoms with Crippen LogP contribution in [0.3, 0.4) is 0 Å². The zero-order valence-corrected chi connectivity index (χ0v) is 16.6. The van der Waals surface area contributed by atoms with Crippen molar-refractivity contribution in [2.45, 2.75) is 26.5 Å². The van der Waals surface area contributed by atoms with Gasteiger partial charge in [0.05, 0.1) is 4.34 Å². The number of hydrogen-bond donors (Lipinski definition) is 3. The number of hydrogen-bond acceptors (Lipinski definition) is 6. The Morgan fingerprint density at radius 1 is 1.48 bits per heavy atom. The van der Waals surface area contributed by atoms with Crippen molar-refractivity contribution in [3.8, 4) is 0 Å². The van der Waals surface area contributed by atoms with E-state index in [0.29, 0.717) is 41.6 Å². The summed E-state index contributed by atoms with van der Waals surface area (Å²) in [4.78, 5) is 9.24. The molecule has 2 aromatic rings. The number of aliphatic imine (C=N–C) groups is 1. The molecule has 23 heavy (non-hydrogen) atoms. The first kappa shape index (κ1) is 20.1. The van der Waals surface area contributed by atoms with Crippen molar-refractivity contribution in [2.75, 3.05) is 13.1 Å². The van der Waals surface area contributed by atoms with Crippen LogP contribution in [-0.4, -0.2) is 34.3 Å². The number of aryl methyl sites for hydroxylation is 1. The van der Waals surface area contributed by atoms with Crippen LogP contribution in [0.5, 0.6) is 0 Å². The highest BCUT2D eigenvalue weighted by Gasteiger charge is 2.11. The van der Waals surface area contributed by atoms with Gasteiger partial charge in [-0.1, -0.05) is 16.8 Å². The molecule has 0 fully saturated rings. The third-order valence-electron chi connectivity index (χ3n) is 2.68. The van der Waals surface area contributed by atoms with Crippen LogP contribution in [0.4, 0.5) is 0 Å². The third kappa shape index (κ3) is 6.61. The molecule has 128 valence electrons. The lowest BCUT2D eigenvalue weighted by Gasteiger charge is -2.14. The topological polar surface area (TPSA) is 95.6 Å². The highest BCUT2D eigenvalue weighted by molar-refractivity contribution is 14.0. The summed E-state index contributed by atoms with van der Waals surface area (Å²) in [6.07, 6.45) is -0.645. The van der Waals surface area contributed by atoms with Gasteiger partial charge in [0, 0.05) is 24.9 Å². The molecule has 0 aromatic carbocycles. The molecule has 0 saturated carbocycles. The third-order valence-corrected chi connectivity index (χ3v) is 4.01. The number of aromatic nitrogens is 2. The van der Waals surface area contributed by atoms with Crippen molar-refractivity contribution >= 4 is 52.9 Å². The Morgan fingerprint density at radius 3 is 2.83 bits per heavy atom. The van der Waals surface area contributed by atoms with Crippen molar-refractivity contribution in [1.82, 2.24) is 20.8 Å². The lowest BCUT2D eigenvalue weighted by molar-refractivity contribution is 0.184. The second-order valence-electron chi connectivity index (χ2n) is 4.46. The minimum Gasteiger partial charge on any atom is -0.386 e. The average Bonchev–Trinajstić information content (AvgIpc) is 3.10. The molecule has 0 amide bonds. The summed E-state index contributed by atoms with van der Waals surface area (Å²) in [6, 6.07) is 3.58. The Labute approximate surface area is 160 Å². The molecule has 1 atom stereocenters. The van der Waals surface area contributed by atoms with E-state index >= 15 is 0 Å². The fourth-order valence-electron chi connectivity index (χ4n) is 1.70. The van der Waals surface area contributed by atoms with Crippen LogP contribution in [0, 0.1) is 6.92 Å². The number of nitrogens with one attached hydrogen (secondary N) is 2. The van der Waals surface area contributed by atoms with Gasteiger partial charge in [0.1, 0.15) is 12.6 Å². The van der Waals surface area contributed by atoms with Crippen molar-refractivity contribution in [1.29, 1.82) is 0 Å². The predicted molar refractivity (Wildman–Crippen MR) is 102 cm³/mol. The first-order chi connectivity index (χ1) is 10.6. The summed E-state index contributed by atoms with van der Waals surface area (Å²) >= 11 is 7.22. The number of thiophene rings is 1. The number of halogens is 2. The van der Waals surface area contributed by atoms with E-state index in [-0.39, 0.29) is 24.0 Å². The minimum absolute atomic E-state index is 0. The minimum atomic E-state index is -0.645. The van der Waals surface area contributed by atoms with Crippen LogP contribution in [0.25, 0.3) is 0 Å². The van der Waals surface area contributed by atoms with Crippen molar-refractivity contribution in [3.63, 3.8) is 0 Å². The molecule has 2 aromatic heterocycles. The zero-order valence-electron chi connectivity index (χ0n) is 12.7. The lowest BCUT2D eigenvalue weighted by atomic mass is 10.3. The summed E-state index contributed by atoms with van der Waals surface area (Å²) < 4.78 is 5.55. The Bertz CT molecular complexity index is 633. The normalized spacial score (nSPS) is 12.6. The van der Waals surface area contributed by atoms with E-state index in [4.69, 9.17) is 16.1 Å². The van der Waals surface area contributed by atoms with Gasteiger partial charge in [0.15, 0.2) is 11.8 Å². The maximum absolute atomic E-state index is 10.1. The van der Waals surface area contributed by atoms with E-state index in [1.54, 1.807) is 13.0 Å². The van der Waals surface area contributed by atoms with Crippen LogP contribution in [-0.2, 0) is 6.54 Å². The maximum atomic E-state index is 10.1. The standard InChI is InChI=1S/C13H18ClN5O2S.HI/c1-3-15-13(17-7-12-18-8(2)21-19-12)16-6-9(20)10-4-5-11(14)22-10;/h4-5,9,20H,3,6-7H2,1-2H3,(H2,15,16,17);1H.